The number of nitrogens with zero attached hydrogens (tertiary/aromatic N) is 1. The van der Waals surface area contributed by atoms with E-state index in [0.29, 0.717) is 38.9 Å². The van der Waals surface area contributed by atoms with E-state index in [9.17, 15) is 14.7 Å². The van der Waals surface area contributed by atoms with Crippen LogP contribution in [0.3, 0.4) is 0 Å². The van der Waals surface area contributed by atoms with Gasteiger partial charge < -0.3 is 15.3 Å². The number of carboxylic acid groups (broad SMARTS) is 1. The average molecular weight is 270 g/mol. The Morgan fingerprint density at radius 2 is 1.95 bits per heavy atom. The van der Waals surface area contributed by atoms with Crippen LogP contribution in [0.4, 0.5) is 0 Å². The fourth-order valence-corrected chi connectivity index (χ4v) is 2.91. The summed E-state index contributed by atoms with van der Waals surface area (Å²) in [5.74, 6) is -0.622. The van der Waals surface area contributed by atoms with Crippen molar-refractivity contribution in [2.45, 2.75) is 39.5 Å². The minimum absolute atomic E-state index is 0.0477. The molecule has 2 N–H and O–H groups in total. The van der Waals surface area contributed by atoms with E-state index in [1.807, 2.05) is 25.8 Å². The van der Waals surface area contributed by atoms with Crippen LogP contribution in [0.5, 0.6) is 0 Å². The van der Waals surface area contributed by atoms with Gasteiger partial charge in [0.25, 0.3) is 0 Å². The van der Waals surface area contributed by atoms with Crippen LogP contribution in [0, 0.1) is 11.3 Å². The lowest BCUT2D eigenvalue weighted by Gasteiger charge is -2.39. The maximum absolute atomic E-state index is 12.2. The first-order chi connectivity index (χ1) is 8.96. The highest BCUT2D eigenvalue weighted by molar-refractivity contribution is 5.80. The molecule has 19 heavy (non-hydrogen) atoms. The summed E-state index contributed by atoms with van der Waals surface area (Å²) in [4.78, 5) is 25.4. The molecule has 0 bridgehead atoms. The number of likely N-dealkylation sites (tertiary alicyclic amines) is 1. The Hall–Kier alpha value is -1.10. The van der Waals surface area contributed by atoms with Crippen molar-refractivity contribution in [3.63, 3.8) is 0 Å². The Morgan fingerprint density at radius 1 is 1.37 bits per heavy atom. The van der Waals surface area contributed by atoms with Gasteiger partial charge >= 0.3 is 5.97 Å². The number of nitrogens with one attached hydrogen (secondary N) is 1. The second-order valence-electron chi connectivity index (χ2n) is 5.62. The van der Waals surface area contributed by atoms with Gasteiger partial charge in [0.1, 0.15) is 0 Å². The van der Waals surface area contributed by atoms with Crippen LogP contribution in [-0.2, 0) is 9.59 Å². The number of carbonyl (C=O) groups is 2. The number of hydrogen-bond donors (Lipinski definition) is 2. The van der Waals surface area contributed by atoms with Gasteiger partial charge in [0, 0.05) is 25.6 Å². The highest BCUT2D eigenvalue weighted by Crippen LogP contribution is 2.36. The van der Waals surface area contributed by atoms with E-state index in [4.69, 9.17) is 0 Å². The van der Waals surface area contributed by atoms with Crippen LogP contribution in [0.1, 0.15) is 39.5 Å². The molecule has 1 aliphatic heterocycles. The Balaban J connectivity index is 2.60. The molecule has 1 fully saturated rings. The van der Waals surface area contributed by atoms with Crippen molar-refractivity contribution in [2.75, 3.05) is 26.7 Å². The van der Waals surface area contributed by atoms with Crippen molar-refractivity contribution in [1.29, 1.82) is 0 Å². The standard InChI is InChI=1S/C14H26N2O3/c1-4-5-14(13(18)19)6-8-16(9-7-14)12(17)11(2)10-15-3/h11,15H,4-10H2,1-3H3,(H,18,19). The zero-order valence-electron chi connectivity index (χ0n) is 12.2. The molecule has 0 aromatic rings. The van der Waals surface area contributed by atoms with Gasteiger partial charge in [-0.25, -0.2) is 0 Å². The number of piperidine rings is 1. The molecule has 1 aliphatic rings. The van der Waals surface area contributed by atoms with Crippen LogP contribution >= 0.6 is 0 Å². The summed E-state index contributed by atoms with van der Waals surface area (Å²) in [6, 6.07) is 0. The summed E-state index contributed by atoms with van der Waals surface area (Å²) in [6.07, 6.45) is 2.73. The van der Waals surface area contributed by atoms with Crippen LogP contribution in [0.15, 0.2) is 0 Å². The second kappa shape index (κ2) is 6.89. The third kappa shape index (κ3) is 3.69. The second-order valence-corrected chi connectivity index (χ2v) is 5.62. The van der Waals surface area contributed by atoms with Gasteiger partial charge in [0.05, 0.1) is 5.41 Å². The first kappa shape index (κ1) is 16.0. The number of carbonyl (C=O) groups excluding carboxylic acids is 1. The number of hydrogen-bond acceptors (Lipinski definition) is 3. The third-order valence-corrected chi connectivity index (χ3v) is 4.15. The zero-order chi connectivity index (χ0) is 14.5. The Kier molecular flexibility index (Phi) is 5.79. The molecular weight excluding hydrogens is 244 g/mol. The maximum atomic E-state index is 12.2. The van der Waals surface area contributed by atoms with Crippen molar-refractivity contribution in [3.8, 4) is 0 Å². The molecule has 0 aromatic carbocycles. The summed E-state index contributed by atoms with van der Waals surface area (Å²) in [7, 11) is 1.83. The van der Waals surface area contributed by atoms with Crippen molar-refractivity contribution in [3.05, 3.63) is 0 Å². The van der Waals surface area contributed by atoms with Crippen LogP contribution in [0.25, 0.3) is 0 Å². The predicted molar refractivity (Wildman–Crippen MR) is 73.9 cm³/mol. The number of amides is 1. The lowest BCUT2D eigenvalue weighted by atomic mass is 9.75. The Morgan fingerprint density at radius 3 is 2.37 bits per heavy atom. The van der Waals surface area contributed by atoms with Crippen molar-refractivity contribution in [1.82, 2.24) is 10.2 Å². The molecule has 5 heteroatoms. The van der Waals surface area contributed by atoms with Crippen LogP contribution in [0.2, 0.25) is 0 Å². The normalized spacial score (nSPS) is 20.1. The minimum atomic E-state index is -0.704. The number of carboxylic acids is 1. The first-order valence-corrected chi connectivity index (χ1v) is 7.13. The largest absolute Gasteiger partial charge is 0.481 e. The van der Waals surface area contributed by atoms with E-state index < -0.39 is 11.4 Å². The Bertz CT molecular complexity index is 323. The molecular formula is C14H26N2O3. The van der Waals surface area contributed by atoms with Gasteiger partial charge in [0.2, 0.25) is 5.91 Å². The quantitative estimate of drug-likeness (QED) is 0.764. The van der Waals surface area contributed by atoms with Crippen molar-refractivity contribution >= 4 is 11.9 Å². The summed E-state index contributed by atoms with van der Waals surface area (Å²) in [6.45, 7) is 5.72. The summed E-state index contributed by atoms with van der Waals surface area (Å²) in [5.41, 5.74) is -0.613. The van der Waals surface area contributed by atoms with Gasteiger partial charge in [-0.05, 0) is 26.3 Å². The molecule has 1 amide bonds. The summed E-state index contributed by atoms with van der Waals surface area (Å²) >= 11 is 0. The van der Waals surface area contributed by atoms with Gasteiger partial charge in [-0.1, -0.05) is 20.3 Å². The van der Waals surface area contributed by atoms with E-state index in [1.165, 1.54) is 0 Å². The van der Waals surface area contributed by atoms with E-state index >= 15 is 0 Å². The molecule has 0 radical (unpaired) electrons. The fraction of sp³-hybridized carbons (Fsp3) is 0.857. The zero-order valence-corrected chi connectivity index (χ0v) is 12.2. The molecule has 1 atom stereocenters. The molecule has 1 rings (SSSR count). The van der Waals surface area contributed by atoms with Crippen LogP contribution in [-0.4, -0.2) is 48.6 Å². The van der Waals surface area contributed by atoms with E-state index in [0.717, 1.165) is 6.42 Å². The lowest BCUT2D eigenvalue weighted by molar-refractivity contribution is -0.155. The van der Waals surface area contributed by atoms with Crippen LogP contribution < -0.4 is 5.32 Å². The van der Waals surface area contributed by atoms with Gasteiger partial charge in [-0.15, -0.1) is 0 Å². The number of rotatable bonds is 6. The molecule has 1 saturated heterocycles. The van der Waals surface area contributed by atoms with Gasteiger partial charge in [-0.3, -0.25) is 9.59 Å². The summed E-state index contributed by atoms with van der Waals surface area (Å²) in [5, 5.41) is 12.4. The highest BCUT2D eigenvalue weighted by atomic mass is 16.4. The smallest absolute Gasteiger partial charge is 0.309 e. The molecule has 0 spiro atoms. The maximum Gasteiger partial charge on any atom is 0.309 e. The van der Waals surface area contributed by atoms with Gasteiger partial charge in [-0.2, -0.15) is 0 Å². The molecule has 1 heterocycles. The third-order valence-electron chi connectivity index (χ3n) is 4.15. The first-order valence-electron chi connectivity index (χ1n) is 7.13. The molecule has 0 aromatic heterocycles. The van der Waals surface area contributed by atoms with E-state index in [2.05, 4.69) is 5.32 Å². The topological polar surface area (TPSA) is 69.6 Å². The van der Waals surface area contributed by atoms with Crippen molar-refractivity contribution < 1.29 is 14.7 Å². The highest BCUT2D eigenvalue weighted by Gasteiger charge is 2.41. The van der Waals surface area contributed by atoms with E-state index in [1.54, 1.807) is 0 Å². The molecule has 1 unspecified atom stereocenters. The molecule has 0 saturated carbocycles. The average Bonchev–Trinajstić information content (AvgIpc) is 2.39. The molecule has 5 nitrogen and oxygen atoms in total. The SMILES string of the molecule is CCCC1(C(=O)O)CCN(C(=O)C(C)CNC)CC1. The van der Waals surface area contributed by atoms with Gasteiger partial charge in [0.15, 0.2) is 0 Å². The minimum Gasteiger partial charge on any atom is -0.481 e. The molecule has 0 aliphatic carbocycles. The summed E-state index contributed by atoms with van der Waals surface area (Å²) < 4.78 is 0. The molecule has 110 valence electrons. The number of aliphatic carboxylic acids is 1. The monoisotopic (exact) mass is 270 g/mol. The predicted octanol–water partition coefficient (Wildman–Crippen LogP) is 1.34. The van der Waals surface area contributed by atoms with Crippen molar-refractivity contribution in [2.24, 2.45) is 11.3 Å². The lowest BCUT2D eigenvalue weighted by Crippen LogP contribution is -2.48. The Labute approximate surface area is 115 Å². The van der Waals surface area contributed by atoms with E-state index in [-0.39, 0.29) is 11.8 Å². The fourth-order valence-electron chi connectivity index (χ4n) is 2.91.